The average Bonchev–Trinajstić information content (AvgIpc) is 2.43. The van der Waals surface area contributed by atoms with Gasteiger partial charge in [0.05, 0.1) is 5.56 Å². The molecule has 0 bridgehead atoms. The van der Waals surface area contributed by atoms with Crippen molar-refractivity contribution in [2.24, 2.45) is 0 Å². The molecule has 1 aliphatic carbocycles. The molecule has 0 saturated carbocycles. The third-order valence-corrected chi connectivity index (χ3v) is 3.25. The second kappa shape index (κ2) is 3.23. The van der Waals surface area contributed by atoms with Gasteiger partial charge in [0.15, 0.2) is 0 Å². The molecular formula is C13H14O2. The van der Waals surface area contributed by atoms with Crippen molar-refractivity contribution in [1.29, 1.82) is 0 Å². The highest BCUT2D eigenvalue weighted by Crippen LogP contribution is 2.35. The van der Waals surface area contributed by atoms with Crippen molar-refractivity contribution in [3.8, 4) is 0 Å². The molecule has 0 saturated heterocycles. The van der Waals surface area contributed by atoms with Crippen molar-refractivity contribution < 1.29 is 9.90 Å². The van der Waals surface area contributed by atoms with Gasteiger partial charge in [0.2, 0.25) is 0 Å². The normalized spacial score (nSPS) is 14.3. The summed E-state index contributed by atoms with van der Waals surface area (Å²) in [6, 6.07) is 3.65. The zero-order valence-corrected chi connectivity index (χ0v) is 9.22. The van der Waals surface area contributed by atoms with Gasteiger partial charge in [-0.3, -0.25) is 0 Å². The fraction of sp³-hybridized carbons (Fsp3) is 0.308. The molecule has 0 aromatic heterocycles. The van der Waals surface area contributed by atoms with Crippen LogP contribution < -0.4 is 0 Å². The van der Waals surface area contributed by atoms with E-state index in [-0.39, 0.29) is 0 Å². The number of carboxylic acids is 1. The highest BCUT2D eigenvalue weighted by atomic mass is 16.4. The quantitative estimate of drug-likeness (QED) is 0.760. The Kier molecular flexibility index (Phi) is 2.14. The molecule has 1 aliphatic rings. The van der Waals surface area contributed by atoms with Gasteiger partial charge in [0.1, 0.15) is 0 Å². The van der Waals surface area contributed by atoms with Crippen molar-refractivity contribution in [2.45, 2.75) is 27.2 Å². The van der Waals surface area contributed by atoms with Crippen molar-refractivity contribution in [3.63, 3.8) is 0 Å². The second-order valence-corrected chi connectivity index (χ2v) is 4.16. The third-order valence-electron chi connectivity index (χ3n) is 3.25. The maximum absolute atomic E-state index is 11.0. The molecule has 0 aliphatic heterocycles. The van der Waals surface area contributed by atoms with Crippen LogP contribution in [0.25, 0.3) is 5.57 Å². The molecule has 15 heavy (non-hydrogen) atoms. The highest BCUT2D eigenvalue weighted by Gasteiger charge is 2.20. The molecule has 0 heterocycles. The number of carboxylic acid groups (broad SMARTS) is 1. The molecule has 0 fully saturated rings. The number of hydrogen-bond acceptors (Lipinski definition) is 1. The summed E-state index contributed by atoms with van der Waals surface area (Å²) in [5.41, 5.74) is 6.30. The largest absolute Gasteiger partial charge is 0.478 e. The standard InChI is InChI=1S/C13H14O2/c1-7-6-10-4-5-11(13(14)15)9(3)12(10)8(7)2/h4-5H,6H2,1-3H3,(H,14,15). The van der Waals surface area contributed by atoms with Gasteiger partial charge in [-0.1, -0.05) is 11.6 Å². The first-order valence-electron chi connectivity index (χ1n) is 5.05. The zero-order chi connectivity index (χ0) is 11.2. The Hall–Kier alpha value is -1.57. The molecule has 2 heteroatoms. The average molecular weight is 202 g/mol. The van der Waals surface area contributed by atoms with Crippen LogP contribution in [0.1, 0.15) is 40.9 Å². The van der Waals surface area contributed by atoms with Crippen LogP contribution >= 0.6 is 0 Å². The molecule has 0 amide bonds. The van der Waals surface area contributed by atoms with Crippen LogP contribution in [-0.2, 0) is 6.42 Å². The van der Waals surface area contributed by atoms with Crippen LogP contribution in [-0.4, -0.2) is 11.1 Å². The van der Waals surface area contributed by atoms with Gasteiger partial charge in [-0.2, -0.15) is 0 Å². The van der Waals surface area contributed by atoms with E-state index in [1.54, 1.807) is 6.07 Å². The molecule has 1 aromatic carbocycles. The van der Waals surface area contributed by atoms with E-state index >= 15 is 0 Å². The van der Waals surface area contributed by atoms with Gasteiger partial charge in [-0.15, -0.1) is 0 Å². The predicted octanol–water partition coefficient (Wildman–Crippen LogP) is 3.04. The van der Waals surface area contributed by atoms with Gasteiger partial charge in [0, 0.05) is 0 Å². The van der Waals surface area contributed by atoms with Crippen molar-refractivity contribution in [3.05, 3.63) is 40.0 Å². The monoisotopic (exact) mass is 202 g/mol. The summed E-state index contributed by atoms with van der Waals surface area (Å²) < 4.78 is 0. The Balaban J connectivity index is 2.69. The number of rotatable bonds is 1. The number of fused-ring (bicyclic) bond motifs is 1. The molecule has 2 nitrogen and oxygen atoms in total. The maximum atomic E-state index is 11.0. The maximum Gasteiger partial charge on any atom is 0.335 e. The van der Waals surface area contributed by atoms with Crippen LogP contribution in [0.15, 0.2) is 17.7 Å². The van der Waals surface area contributed by atoms with E-state index in [2.05, 4.69) is 13.8 Å². The van der Waals surface area contributed by atoms with E-state index in [0.29, 0.717) is 5.56 Å². The first-order valence-corrected chi connectivity index (χ1v) is 5.05. The minimum absolute atomic E-state index is 0.419. The SMILES string of the molecule is CC1=C(C)c2c(ccc(C(=O)O)c2C)C1. The lowest BCUT2D eigenvalue weighted by Crippen LogP contribution is -2.02. The molecule has 0 spiro atoms. The fourth-order valence-electron chi connectivity index (χ4n) is 2.30. The van der Waals surface area contributed by atoms with Crippen LogP contribution in [0.4, 0.5) is 0 Å². The minimum Gasteiger partial charge on any atom is -0.478 e. The topological polar surface area (TPSA) is 37.3 Å². The number of benzene rings is 1. The summed E-state index contributed by atoms with van der Waals surface area (Å²) in [6.07, 6.45) is 0.960. The molecule has 0 unspecified atom stereocenters. The zero-order valence-electron chi connectivity index (χ0n) is 9.22. The molecule has 1 N–H and O–H groups in total. The molecule has 1 aromatic rings. The first kappa shape index (κ1) is 9.97. The lowest BCUT2D eigenvalue weighted by Gasteiger charge is -2.09. The fourth-order valence-corrected chi connectivity index (χ4v) is 2.30. The Bertz CT molecular complexity index is 482. The summed E-state index contributed by atoms with van der Waals surface area (Å²) in [6.45, 7) is 6.07. The summed E-state index contributed by atoms with van der Waals surface area (Å²) in [7, 11) is 0. The van der Waals surface area contributed by atoms with Gasteiger partial charge < -0.3 is 5.11 Å². The van der Waals surface area contributed by atoms with Gasteiger partial charge in [0.25, 0.3) is 0 Å². The summed E-state index contributed by atoms with van der Waals surface area (Å²) >= 11 is 0. The van der Waals surface area contributed by atoms with Crippen LogP contribution in [0, 0.1) is 6.92 Å². The number of allylic oxidation sites excluding steroid dienone is 2. The summed E-state index contributed by atoms with van der Waals surface area (Å²) in [4.78, 5) is 11.0. The van der Waals surface area contributed by atoms with Crippen molar-refractivity contribution >= 4 is 11.5 Å². The van der Waals surface area contributed by atoms with Gasteiger partial charge in [-0.05, 0) is 55.5 Å². The number of aromatic carboxylic acids is 1. The Morgan fingerprint density at radius 1 is 1.27 bits per heavy atom. The van der Waals surface area contributed by atoms with E-state index in [1.807, 2.05) is 13.0 Å². The van der Waals surface area contributed by atoms with E-state index in [9.17, 15) is 4.79 Å². The van der Waals surface area contributed by atoms with Crippen LogP contribution in [0.2, 0.25) is 0 Å². The number of carbonyl (C=O) groups is 1. The molecule has 0 atom stereocenters. The third kappa shape index (κ3) is 1.37. The Labute approximate surface area is 89.2 Å². The van der Waals surface area contributed by atoms with Crippen molar-refractivity contribution in [1.82, 2.24) is 0 Å². The molecule has 0 radical (unpaired) electrons. The van der Waals surface area contributed by atoms with Gasteiger partial charge in [-0.25, -0.2) is 4.79 Å². The first-order chi connectivity index (χ1) is 7.02. The molecule has 2 rings (SSSR count). The van der Waals surface area contributed by atoms with E-state index in [4.69, 9.17) is 5.11 Å². The predicted molar refractivity (Wildman–Crippen MR) is 60.1 cm³/mol. The Morgan fingerprint density at radius 3 is 2.53 bits per heavy atom. The Morgan fingerprint density at radius 2 is 1.93 bits per heavy atom. The lowest BCUT2D eigenvalue weighted by atomic mass is 9.96. The van der Waals surface area contributed by atoms with E-state index < -0.39 is 5.97 Å². The van der Waals surface area contributed by atoms with E-state index in [0.717, 1.165) is 17.5 Å². The minimum atomic E-state index is -0.840. The van der Waals surface area contributed by atoms with Crippen LogP contribution in [0.5, 0.6) is 0 Å². The smallest absolute Gasteiger partial charge is 0.335 e. The summed E-state index contributed by atoms with van der Waals surface area (Å²) in [5, 5.41) is 9.03. The van der Waals surface area contributed by atoms with Crippen molar-refractivity contribution in [2.75, 3.05) is 0 Å². The highest BCUT2D eigenvalue weighted by molar-refractivity contribution is 5.92. The number of hydrogen-bond donors (Lipinski definition) is 1. The second-order valence-electron chi connectivity index (χ2n) is 4.16. The lowest BCUT2D eigenvalue weighted by molar-refractivity contribution is 0.0696. The van der Waals surface area contributed by atoms with Crippen LogP contribution in [0.3, 0.4) is 0 Å². The summed E-state index contributed by atoms with van der Waals surface area (Å²) in [5.74, 6) is -0.840. The van der Waals surface area contributed by atoms with Gasteiger partial charge >= 0.3 is 5.97 Å². The van der Waals surface area contributed by atoms with E-state index in [1.165, 1.54) is 16.7 Å². The molecular weight excluding hydrogens is 188 g/mol. The molecule has 78 valence electrons.